The Morgan fingerprint density at radius 1 is 1.11 bits per heavy atom. The van der Waals surface area contributed by atoms with Crippen LogP contribution in [0.4, 0.5) is 10.5 Å². The zero-order valence-electron chi connectivity index (χ0n) is 19.4. The number of ether oxygens (including phenoxy) is 3. The fourth-order valence-corrected chi connectivity index (χ4v) is 4.00. The van der Waals surface area contributed by atoms with E-state index in [1.165, 1.54) is 13.8 Å². The van der Waals surface area contributed by atoms with E-state index in [2.05, 4.69) is 5.32 Å². The molecule has 0 saturated carbocycles. The van der Waals surface area contributed by atoms with Crippen LogP contribution in [0.2, 0.25) is 0 Å². The second kappa shape index (κ2) is 9.65. The lowest BCUT2D eigenvalue weighted by Crippen LogP contribution is -2.50. The van der Waals surface area contributed by atoms with Gasteiger partial charge in [0.2, 0.25) is 12.6 Å². The topological polar surface area (TPSA) is 131 Å². The van der Waals surface area contributed by atoms with Gasteiger partial charge in [-0.2, -0.15) is 0 Å². The third kappa shape index (κ3) is 5.06. The summed E-state index contributed by atoms with van der Waals surface area (Å²) in [6.45, 7) is 3.08. The summed E-state index contributed by atoms with van der Waals surface area (Å²) >= 11 is 0. The molecule has 0 spiro atoms. The molecule has 2 aliphatic heterocycles. The number of carboxylic acids is 1. The molecule has 0 aromatic heterocycles. The summed E-state index contributed by atoms with van der Waals surface area (Å²) < 4.78 is 15.8. The van der Waals surface area contributed by atoms with Crippen molar-refractivity contribution in [1.29, 1.82) is 0 Å². The highest BCUT2D eigenvalue weighted by atomic mass is 16.7. The normalized spacial score (nSPS) is 15.9. The molecule has 2 heterocycles. The number of carboxylic acid groups (broad SMARTS) is 1. The number of alkyl carbamates (subject to hydrolysis) is 1. The van der Waals surface area contributed by atoms with Gasteiger partial charge in [0, 0.05) is 18.7 Å². The molecule has 35 heavy (non-hydrogen) atoms. The Kier molecular flexibility index (Phi) is 6.63. The number of benzene rings is 2. The lowest BCUT2D eigenvalue weighted by Gasteiger charge is -2.27. The largest absolute Gasteiger partial charge is 0.480 e. The third-order valence-corrected chi connectivity index (χ3v) is 5.97. The summed E-state index contributed by atoms with van der Waals surface area (Å²) in [4.78, 5) is 51.0. The second-order valence-corrected chi connectivity index (χ2v) is 9.02. The van der Waals surface area contributed by atoms with Crippen molar-refractivity contribution in [3.63, 3.8) is 0 Å². The number of hydrogen-bond donors (Lipinski definition) is 2. The van der Waals surface area contributed by atoms with Crippen molar-refractivity contribution in [2.45, 2.75) is 32.7 Å². The maximum absolute atomic E-state index is 13.1. The number of nitrogens with zero attached hydrogens (tertiary/aromatic N) is 1. The summed E-state index contributed by atoms with van der Waals surface area (Å²) in [5, 5.41) is 12.2. The van der Waals surface area contributed by atoms with Gasteiger partial charge in [-0.1, -0.05) is 24.3 Å². The second-order valence-electron chi connectivity index (χ2n) is 9.02. The molecule has 1 atom stereocenters. The van der Waals surface area contributed by atoms with Crippen LogP contribution in [-0.2, 0) is 32.0 Å². The number of hydrogen-bond acceptors (Lipinski definition) is 7. The fourth-order valence-electron chi connectivity index (χ4n) is 4.00. The van der Waals surface area contributed by atoms with E-state index in [4.69, 9.17) is 14.2 Å². The van der Waals surface area contributed by atoms with Crippen molar-refractivity contribution in [3.8, 4) is 11.5 Å². The maximum atomic E-state index is 13.1. The van der Waals surface area contributed by atoms with Gasteiger partial charge in [-0.25, -0.2) is 9.59 Å². The Morgan fingerprint density at radius 3 is 2.63 bits per heavy atom. The lowest BCUT2D eigenvalue weighted by molar-refractivity contribution is -0.145. The number of carbonyl (C=O) groups excluding carboxylic acids is 3. The molecule has 2 N–H and O–H groups in total. The Bertz CT molecular complexity index is 1180. The minimum absolute atomic E-state index is 0.118. The summed E-state index contributed by atoms with van der Waals surface area (Å²) in [6, 6.07) is 11.1. The highest BCUT2D eigenvalue weighted by Gasteiger charge is 2.44. The van der Waals surface area contributed by atoms with Crippen LogP contribution in [-0.4, -0.2) is 54.8 Å². The number of para-hydroxylation sites is 1. The molecule has 10 heteroatoms. The summed E-state index contributed by atoms with van der Waals surface area (Å²) in [6.07, 6.45) is -0.0842. The molecule has 2 amide bonds. The van der Waals surface area contributed by atoms with Gasteiger partial charge in [0.25, 0.3) is 5.91 Å². The van der Waals surface area contributed by atoms with E-state index in [0.717, 1.165) is 10.5 Å². The first kappa shape index (κ1) is 24.1. The van der Waals surface area contributed by atoms with Crippen molar-refractivity contribution in [2.75, 3.05) is 24.8 Å². The minimum atomic E-state index is -1.35. The van der Waals surface area contributed by atoms with Gasteiger partial charge >= 0.3 is 12.1 Å². The number of fused-ring (bicyclic) bond motifs is 2. The number of ketones is 1. The average molecular weight is 482 g/mol. The number of aliphatic carboxylic acids is 1. The van der Waals surface area contributed by atoms with Gasteiger partial charge in [0.05, 0.1) is 5.41 Å². The van der Waals surface area contributed by atoms with Gasteiger partial charge in [-0.15, -0.1) is 0 Å². The van der Waals surface area contributed by atoms with E-state index in [0.29, 0.717) is 29.2 Å². The molecule has 0 unspecified atom stereocenters. The molecule has 2 aromatic rings. The van der Waals surface area contributed by atoms with Crippen molar-refractivity contribution in [2.24, 2.45) is 5.41 Å². The Hall–Kier alpha value is -4.08. The molecule has 184 valence electrons. The van der Waals surface area contributed by atoms with Crippen molar-refractivity contribution < 1.29 is 38.5 Å². The van der Waals surface area contributed by atoms with E-state index in [9.17, 15) is 24.3 Å². The zero-order valence-corrected chi connectivity index (χ0v) is 19.4. The van der Waals surface area contributed by atoms with Gasteiger partial charge < -0.3 is 24.6 Å². The van der Waals surface area contributed by atoms with Crippen LogP contribution in [0.15, 0.2) is 42.5 Å². The van der Waals surface area contributed by atoms with Crippen LogP contribution < -0.4 is 19.7 Å². The van der Waals surface area contributed by atoms with E-state index in [1.807, 2.05) is 12.1 Å². The molecule has 0 bridgehead atoms. The smallest absolute Gasteiger partial charge is 0.407 e. The predicted octanol–water partition coefficient (Wildman–Crippen LogP) is 2.32. The molecule has 2 aromatic carbocycles. The van der Waals surface area contributed by atoms with E-state index >= 15 is 0 Å². The molecular formula is C25H26N2O8. The number of nitrogens with one attached hydrogen (secondary N) is 1. The SMILES string of the molecule is CC(C)(COC(=O)NCCc1ccc2c(c1)OCO2)C(=O)C(=O)N1c2ccccc2C[C@H]1C(=O)O. The molecule has 4 rings (SSSR count). The Balaban J connectivity index is 1.31. The summed E-state index contributed by atoms with van der Waals surface area (Å²) in [5.41, 5.74) is 0.662. The van der Waals surface area contributed by atoms with Crippen LogP contribution in [0, 0.1) is 5.41 Å². The van der Waals surface area contributed by atoms with Crippen molar-refractivity contribution in [1.82, 2.24) is 5.32 Å². The van der Waals surface area contributed by atoms with Crippen molar-refractivity contribution in [3.05, 3.63) is 53.6 Å². The average Bonchev–Trinajstić information content (AvgIpc) is 3.46. The van der Waals surface area contributed by atoms with Crippen LogP contribution in [0.25, 0.3) is 0 Å². The first-order valence-corrected chi connectivity index (χ1v) is 11.2. The molecular weight excluding hydrogens is 456 g/mol. The Labute approximate surface area is 201 Å². The van der Waals surface area contributed by atoms with Crippen LogP contribution >= 0.6 is 0 Å². The number of carbonyl (C=O) groups is 4. The third-order valence-electron chi connectivity index (χ3n) is 5.97. The standard InChI is InChI=1S/C25H26N2O8/c1-25(2,13-33-24(32)26-10-9-15-7-8-19-20(11-15)35-14-34-19)21(28)22(29)27-17-6-4-3-5-16(17)12-18(27)23(30)31/h3-8,11,18H,9-10,12-14H2,1-2H3,(H,26,32)(H,30,31)/t18-/m0/s1. The highest BCUT2D eigenvalue weighted by Crippen LogP contribution is 2.34. The van der Waals surface area contributed by atoms with Crippen LogP contribution in [0.3, 0.4) is 0 Å². The molecule has 0 fully saturated rings. The monoisotopic (exact) mass is 482 g/mol. The quantitative estimate of drug-likeness (QED) is 0.548. The molecule has 0 saturated heterocycles. The van der Waals surface area contributed by atoms with E-state index < -0.39 is 35.2 Å². The van der Waals surface area contributed by atoms with Crippen LogP contribution in [0.1, 0.15) is 25.0 Å². The lowest BCUT2D eigenvalue weighted by atomic mass is 9.88. The highest BCUT2D eigenvalue weighted by molar-refractivity contribution is 6.43. The predicted molar refractivity (Wildman–Crippen MR) is 123 cm³/mol. The van der Waals surface area contributed by atoms with Crippen LogP contribution in [0.5, 0.6) is 11.5 Å². The number of Topliss-reactive ketones (excluding diaryl/α,β-unsaturated/α-hetero) is 1. The number of anilines is 1. The molecule has 2 aliphatic rings. The van der Waals surface area contributed by atoms with Gasteiger partial charge in [-0.3, -0.25) is 14.5 Å². The van der Waals surface area contributed by atoms with Gasteiger partial charge in [-0.05, 0) is 49.6 Å². The molecule has 0 aliphatic carbocycles. The zero-order chi connectivity index (χ0) is 25.2. The Morgan fingerprint density at radius 2 is 1.86 bits per heavy atom. The first-order valence-electron chi connectivity index (χ1n) is 11.2. The minimum Gasteiger partial charge on any atom is -0.480 e. The van der Waals surface area contributed by atoms with Crippen molar-refractivity contribution >= 4 is 29.4 Å². The van der Waals surface area contributed by atoms with E-state index in [1.54, 1.807) is 30.3 Å². The van der Waals surface area contributed by atoms with E-state index in [-0.39, 0.29) is 26.4 Å². The number of rotatable bonds is 8. The first-order chi connectivity index (χ1) is 16.7. The summed E-state index contributed by atoms with van der Waals surface area (Å²) in [7, 11) is 0. The number of amides is 2. The molecule has 10 nitrogen and oxygen atoms in total. The maximum Gasteiger partial charge on any atom is 0.407 e. The molecule has 0 radical (unpaired) electrons. The van der Waals surface area contributed by atoms with Gasteiger partial charge in [0.1, 0.15) is 12.6 Å². The van der Waals surface area contributed by atoms with Gasteiger partial charge in [0.15, 0.2) is 11.5 Å². The summed E-state index contributed by atoms with van der Waals surface area (Å²) in [5.74, 6) is -1.65. The fraction of sp³-hybridized carbons (Fsp3) is 0.360.